The lowest BCUT2D eigenvalue weighted by atomic mass is 9.92. The minimum Gasteiger partial charge on any atom is -0.508 e. The number of unbranched alkanes of at least 4 members (excludes halogenated alkanes) is 3. The molecule has 5 heterocycles. The summed E-state index contributed by atoms with van der Waals surface area (Å²) in [6.45, 7) is 3.28. The molecule has 0 spiro atoms. The van der Waals surface area contributed by atoms with Crippen molar-refractivity contribution in [3.63, 3.8) is 0 Å². The van der Waals surface area contributed by atoms with Gasteiger partial charge in [-0.25, -0.2) is 4.98 Å². The third kappa shape index (κ3) is 10.5. The van der Waals surface area contributed by atoms with Gasteiger partial charge in [-0.15, -0.1) is 0 Å². The predicted octanol–water partition coefficient (Wildman–Crippen LogP) is 5.80. The van der Waals surface area contributed by atoms with E-state index in [1.54, 1.807) is 70.6 Å². The van der Waals surface area contributed by atoms with Crippen molar-refractivity contribution < 1.29 is 29.4 Å². The fourth-order valence-corrected chi connectivity index (χ4v) is 8.42. The summed E-state index contributed by atoms with van der Waals surface area (Å²) in [5.41, 5.74) is 14.6. The Morgan fingerprint density at radius 1 is 0.875 bits per heavy atom. The smallest absolute Gasteiger partial charge is 0.269 e. The van der Waals surface area contributed by atoms with Gasteiger partial charge in [-0.05, 0) is 60.7 Å². The maximum atomic E-state index is 12.8. The van der Waals surface area contributed by atoms with Gasteiger partial charge in [-0.3, -0.25) is 28.8 Å². The number of halogens is 2. The van der Waals surface area contributed by atoms with E-state index in [4.69, 9.17) is 28.9 Å². The van der Waals surface area contributed by atoms with Gasteiger partial charge in [0.25, 0.3) is 5.91 Å². The van der Waals surface area contributed by atoms with Gasteiger partial charge in [0, 0.05) is 103 Å². The first-order valence-electron chi connectivity index (χ1n) is 21.2. The molecule has 0 saturated carbocycles. The molecule has 1 aliphatic heterocycles. The van der Waals surface area contributed by atoms with E-state index in [9.17, 15) is 29.4 Å². The van der Waals surface area contributed by atoms with Crippen LogP contribution in [0.4, 0.5) is 5.82 Å². The van der Waals surface area contributed by atoms with E-state index in [0.717, 1.165) is 69.3 Å². The van der Waals surface area contributed by atoms with Gasteiger partial charge in [0.15, 0.2) is 0 Å². The molecule has 64 heavy (non-hydrogen) atoms. The Morgan fingerprint density at radius 3 is 2.38 bits per heavy atom. The topological polar surface area (TPSA) is 233 Å². The van der Waals surface area contributed by atoms with Gasteiger partial charge in [-0.1, -0.05) is 61.2 Å². The van der Waals surface area contributed by atoms with E-state index < -0.39 is 6.61 Å². The molecule has 0 bridgehead atoms. The van der Waals surface area contributed by atoms with Gasteiger partial charge < -0.3 is 41.8 Å². The SMILES string of the molecule is CCc1c(-c2ccc(C(=O)NCCNC(=O)CCCCCCNC(=O)Cn3ccc(-c4cc(Cl)c(Cl)c5[nH]c6c(c45)CN(C(=O)CO)CC6)n3)nc2)cnc(N)c1-c1ccc(O)cc1. The number of phenols is 1. The van der Waals surface area contributed by atoms with Crippen molar-refractivity contribution in [3.8, 4) is 39.3 Å². The molecular formula is C46H50Cl2N10O6. The van der Waals surface area contributed by atoms with Crippen LogP contribution in [-0.4, -0.2) is 96.3 Å². The Balaban J connectivity index is 0.788. The highest BCUT2D eigenvalue weighted by atomic mass is 35.5. The monoisotopic (exact) mass is 908 g/mol. The summed E-state index contributed by atoms with van der Waals surface area (Å²) in [5.74, 6) is -0.447. The molecule has 7 rings (SSSR count). The second-order valence-corrected chi connectivity index (χ2v) is 16.3. The first-order chi connectivity index (χ1) is 30.9. The van der Waals surface area contributed by atoms with Crippen molar-refractivity contribution in [2.45, 2.75) is 65.0 Å². The second-order valence-electron chi connectivity index (χ2n) is 15.5. The Labute approximate surface area is 379 Å². The fraction of sp³-hybridized carbons (Fsp3) is 0.326. The number of hydrogen-bond donors (Lipinski definition) is 7. The van der Waals surface area contributed by atoms with Crippen LogP contribution in [0.1, 0.15) is 66.3 Å². The summed E-state index contributed by atoms with van der Waals surface area (Å²) in [4.78, 5) is 64.0. The molecule has 8 N–H and O–H groups in total. The van der Waals surface area contributed by atoms with Crippen molar-refractivity contribution in [1.29, 1.82) is 0 Å². The summed E-state index contributed by atoms with van der Waals surface area (Å²) in [5, 5.41) is 33.9. The third-order valence-electron chi connectivity index (χ3n) is 11.3. The predicted molar refractivity (Wildman–Crippen MR) is 246 cm³/mol. The van der Waals surface area contributed by atoms with E-state index >= 15 is 0 Å². The number of nitrogens with zero attached hydrogens (tertiary/aromatic N) is 5. The number of phenolic OH excluding ortho intramolecular Hbond substituents is 1. The number of aromatic nitrogens is 5. The van der Waals surface area contributed by atoms with Gasteiger partial charge in [-0.2, -0.15) is 5.10 Å². The molecule has 4 aromatic heterocycles. The minimum absolute atomic E-state index is 0.0185. The molecular weight excluding hydrogens is 859 g/mol. The van der Waals surface area contributed by atoms with Crippen molar-refractivity contribution in [2.24, 2.45) is 0 Å². The number of aliphatic hydroxyl groups is 1. The van der Waals surface area contributed by atoms with E-state index in [1.165, 1.54) is 0 Å². The number of aliphatic hydroxyl groups excluding tert-OH is 1. The molecule has 0 aliphatic carbocycles. The number of fused-ring (bicyclic) bond motifs is 3. The Bertz CT molecular complexity index is 2660. The number of amides is 4. The van der Waals surface area contributed by atoms with Gasteiger partial charge in [0.1, 0.15) is 30.4 Å². The lowest BCUT2D eigenvalue weighted by molar-refractivity contribution is -0.135. The molecule has 0 unspecified atom stereocenters. The molecule has 0 saturated heterocycles. The molecule has 6 aromatic rings. The van der Waals surface area contributed by atoms with Crippen LogP contribution < -0.4 is 21.7 Å². The average molecular weight is 910 g/mol. The first-order valence-corrected chi connectivity index (χ1v) is 22.0. The van der Waals surface area contributed by atoms with Crippen molar-refractivity contribution in [1.82, 2.24) is 45.6 Å². The van der Waals surface area contributed by atoms with Crippen LogP contribution in [-0.2, 0) is 40.3 Å². The van der Waals surface area contributed by atoms with E-state index in [0.29, 0.717) is 72.4 Å². The average Bonchev–Trinajstić information content (AvgIpc) is 3.93. The van der Waals surface area contributed by atoms with Crippen LogP contribution in [0.15, 0.2) is 67.1 Å². The molecule has 18 heteroatoms. The molecule has 4 amide bonds. The normalized spacial score (nSPS) is 12.3. The van der Waals surface area contributed by atoms with Gasteiger partial charge in [0.05, 0.1) is 21.3 Å². The largest absolute Gasteiger partial charge is 0.508 e. The highest BCUT2D eigenvalue weighted by Crippen LogP contribution is 2.42. The van der Waals surface area contributed by atoms with Crippen LogP contribution >= 0.6 is 23.2 Å². The van der Waals surface area contributed by atoms with Crippen LogP contribution in [0.5, 0.6) is 5.75 Å². The number of carbonyl (C=O) groups is 4. The lowest BCUT2D eigenvalue weighted by Gasteiger charge is -2.26. The number of aromatic hydroxyl groups is 1. The second kappa shape index (κ2) is 20.8. The van der Waals surface area contributed by atoms with Crippen molar-refractivity contribution in [2.75, 3.05) is 38.5 Å². The van der Waals surface area contributed by atoms with Gasteiger partial charge in [0.2, 0.25) is 17.7 Å². The van der Waals surface area contributed by atoms with Crippen LogP contribution in [0.2, 0.25) is 10.0 Å². The number of anilines is 1. The zero-order valence-electron chi connectivity index (χ0n) is 35.3. The number of rotatable bonds is 18. The number of nitrogen functional groups attached to an aromatic ring is 1. The molecule has 0 atom stereocenters. The fourth-order valence-electron chi connectivity index (χ4n) is 8.02. The summed E-state index contributed by atoms with van der Waals surface area (Å²) in [6.07, 6.45) is 9.77. The molecule has 0 fully saturated rings. The molecule has 0 radical (unpaired) electrons. The minimum atomic E-state index is -0.564. The highest BCUT2D eigenvalue weighted by molar-refractivity contribution is 6.45. The Kier molecular flexibility index (Phi) is 14.8. The Hall–Kier alpha value is -6.49. The number of H-pyrrole nitrogens is 1. The molecule has 16 nitrogen and oxygen atoms in total. The maximum absolute atomic E-state index is 12.8. The standard InChI is InChI=1S/C46H50Cl2N10O6/c1-2-30-32(23-54-45(49)41(30)27-8-11-29(60)12-9-27)28-10-13-37(53-22-28)46(64)52-18-17-51-38(61)7-5-3-4-6-16-50-39(62)25-58-20-15-36(56-58)31-21-34(47)43(48)44-42(31)33-24-57(40(63)26-59)19-14-35(33)55-44/h8-13,15,20-23,55,59-60H,2-7,14,16-19,24-26H2,1H3,(H2,49,54)(H,50,62)(H,51,61)(H,52,64). The lowest BCUT2D eigenvalue weighted by Crippen LogP contribution is -2.37. The number of pyridine rings is 2. The summed E-state index contributed by atoms with van der Waals surface area (Å²) in [7, 11) is 0. The summed E-state index contributed by atoms with van der Waals surface area (Å²) >= 11 is 13.1. The number of aromatic amines is 1. The van der Waals surface area contributed by atoms with Crippen LogP contribution in [0.25, 0.3) is 44.4 Å². The maximum Gasteiger partial charge on any atom is 0.269 e. The van der Waals surface area contributed by atoms with E-state index in [1.807, 2.05) is 13.0 Å². The van der Waals surface area contributed by atoms with Crippen molar-refractivity contribution in [3.05, 3.63) is 99.7 Å². The van der Waals surface area contributed by atoms with Gasteiger partial charge >= 0.3 is 0 Å². The molecule has 2 aromatic carbocycles. The molecule has 334 valence electrons. The number of nitrogens with one attached hydrogen (secondary N) is 4. The number of benzene rings is 2. The first kappa shape index (κ1) is 45.5. The molecule has 1 aliphatic rings. The zero-order valence-corrected chi connectivity index (χ0v) is 36.9. The highest BCUT2D eigenvalue weighted by Gasteiger charge is 2.28. The quantitative estimate of drug-likeness (QED) is 0.0512. The third-order valence-corrected chi connectivity index (χ3v) is 12.1. The Morgan fingerprint density at radius 2 is 1.62 bits per heavy atom. The van der Waals surface area contributed by atoms with Crippen molar-refractivity contribution >= 4 is 63.6 Å². The number of hydrogen-bond acceptors (Lipinski definition) is 10. The van der Waals surface area contributed by atoms with E-state index in [2.05, 4.69) is 36.0 Å². The summed E-state index contributed by atoms with van der Waals surface area (Å²) in [6, 6.07) is 13.8. The van der Waals surface area contributed by atoms with Crippen LogP contribution in [0.3, 0.4) is 0 Å². The number of nitrogens with two attached hydrogens (primary N) is 1. The summed E-state index contributed by atoms with van der Waals surface area (Å²) < 4.78 is 1.55. The van der Waals surface area contributed by atoms with E-state index in [-0.39, 0.29) is 54.7 Å². The number of carbonyl (C=O) groups excluding carboxylic acids is 4. The van der Waals surface area contributed by atoms with Crippen LogP contribution in [0, 0.1) is 0 Å². The zero-order chi connectivity index (χ0) is 45.3.